The number of carbonyl (C=O) groups is 2. The SMILES string of the molecule is CC=CCC(C(=O)O)C(C)C(=O)NCC(CC)CCCC. The van der Waals surface area contributed by atoms with Crippen LogP contribution in [0.3, 0.4) is 0 Å². The maximum atomic E-state index is 12.1. The van der Waals surface area contributed by atoms with Crippen LogP contribution in [0.15, 0.2) is 12.2 Å². The van der Waals surface area contributed by atoms with Gasteiger partial charge in [-0.1, -0.05) is 52.2 Å². The minimum atomic E-state index is -0.909. The summed E-state index contributed by atoms with van der Waals surface area (Å²) in [5.41, 5.74) is 0. The molecule has 0 spiro atoms. The predicted molar refractivity (Wildman–Crippen MR) is 86.0 cm³/mol. The molecule has 0 aromatic heterocycles. The Morgan fingerprint density at radius 3 is 2.43 bits per heavy atom. The average Bonchev–Trinajstić information content (AvgIpc) is 2.47. The second-order valence-corrected chi connectivity index (χ2v) is 5.70. The van der Waals surface area contributed by atoms with Gasteiger partial charge in [-0.3, -0.25) is 9.59 Å². The largest absolute Gasteiger partial charge is 0.481 e. The molecule has 0 rings (SSSR count). The molecule has 0 saturated heterocycles. The number of hydrogen-bond acceptors (Lipinski definition) is 2. The maximum Gasteiger partial charge on any atom is 0.307 e. The second kappa shape index (κ2) is 11.4. The zero-order valence-electron chi connectivity index (χ0n) is 13.9. The van der Waals surface area contributed by atoms with E-state index in [2.05, 4.69) is 19.2 Å². The van der Waals surface area contributed by atoms with E-state index in [0.29, 0.717) is 18.9 Å². The van der Waals surface area contributed by atoms with Gasteiger partial charge in [0, 0.05) is 12.5 Å². The smallest absolute Gasteiger partial charge is 0.307 e. The molecule has 0 aromatic rings. The van der Waals surface area contributed by atoms with Crippen LogP contribution >= 0.6 is 0 Å². The number of hydrogen-bond donors (Lipinski definition) is 2. The van der Waals surface area contributed by atoms with Gasteiger partial charge in [0.25, 0.3) is 0 Å². The van der Waals surface area contributed by atoms with Crippen molar-refractivity contribution in [3.05, 3.63) is 12.2 Å². The van der Waals surface area contributed by atoms with Crippen molar-refractivity contribution in [2.75, 3.05) is 6.54 Å². The second-order valence-electron chi connectivity index (χ2n) is 5.70. The normalized spacial score (nSPS) is 15.6. The molecular weight excluding hydrogens is 266 g/mol. The Balaban J connectivity index is 4.43. The van der Waals surface area contributed by atoms with Gasteiger partial charge in [-0.2, -0.15) is 0 Å². The van der Waals surface area contributed by atoms with Gasteiger partial charge in [0.15, 0.2) is 0 Å². The van der Waals surface area contributed by atoms with Crippen molar-refractivity contribution in [3.8, 4) is 0 Å². The number of carboxylic acid groups (broad SMARTS) is 1. The number of carbonyl (C=O) groups excluding carboxylic acids is 1. The highest BCUT2D eigenvalue weighted by atomic mass is 16.4. The van der Waals surface area contributed by atoms with Gasteiger partial charge in [0.1, 0.15) is 0 Å². The van der Waals surface area contributed by atoms with Crippen molar-refractivity contribution in [2.45, 2.75) is 59.8 Å². The summed E-state index contributed by atoms with van der Waals surface area (Å²) in [5.74, 6) is -1.74. The summed E-state index contributed by atoms with van der Waals surface area (Å²) in [5, 5.41) is 12.2. The fourth-order valence-corrected chi connectivity index (χ4v) is 2.33. The Kier molecular flexibility index (Phi) is 10.6. The number of unbranched alkanes of at least 4 members (excludes halogenated alkanes) is 1. The summed E-state index contributed by atoms with van der Waals surface area (Å²) in [6.45, 7) is 8.48. The Hall–Kier alpha value is -1.32. The Bertz CT molecular complexity index is 339. The minimum Gasteiger partial charge on any atom is -0.481 e. The molecule has 0 radical (unpaired) electrons. The first kappa shape index (κ1) is 19.7. The molecule has 0 saturated carbocycles. The molecule has 4 nitrogen and oxygen atoms in total. The molecule has 0 aromatic carbocycles. The summed E-state index contributed by atoms with van der Waals surface area (Å²) in [6.07, 6.45) is 8.50. The third kappa shape index (κ3) is 7.88. The van der Waals surface area contributed by atoms with Crippen LogP contribution in [0, 0.1) is 17.8 Å². The molecule has 0 aliphatic carbocycles. The van der Waals surface area contributed by atoms with E-state index in [1.54, 1.807) is 13.0 Å². The lowest BCUT2D eigenvalue weighted by atomic mass is 9.89. The van der Waals surface area contributed by atoms with E-state index >= 15 is 0 Å². The molecule has 21 heavy (non-hydrogen) atoms. The van der Waals surface area contributed by atoms with Gasteiger partial charge in [0.2, 0.25) is 5.91 Å². The molecule has 0 aliphatic heterocycles. The average molecular weight is 297 g/mol. The first-order valence-electron chi connectivity index (χ1n) is 8.09. The van der Waals surface area contributed by atoms with Crippen LogP contribution in [0.5, 0.6) is 0 Å². The van der Waals surface area contributed by atoms with Crippen LogP contribution in [0.1, 0.15) is 59.8 Å². The predicted octanol–water partition coefficient (Wildman–Crippen LogP) is 3.62. The third-order valence-electron chi connectivity index (χ3n) is 4.07. The quantitative estimate of drug-likeness (QED) is 0.572. The Morgan fingerprint density at radius 2 is 1.95 bits per heavy atom. The van der Waals surface area contributed by atoms with E-state index in [4.69, 9.17) is 0 Å². The van der Waals surface area contributed by atoms with Crippen LogP contribution < -0.4 is 5.32 Å². The standard InChI is InChI=1S/C17H31NO3/c1-5-8-10-14(7-3)12-18-16(19)13(4)15(17(20)21)11-9-6-2/h6,9,13-15H,5,7-8,10-12H2,1-4H3,(H,18,19)(H,20,21). The molecule has 0 aliphatic rings. The summed E-state index contributed by atoms with van der Waals surface area (Å²) >= 11 is 0. The van der Waals surface area contributed by atoms with Crippen LogP contribution in [0.2, 0.25) is 0 Å². The van der Waals surface area contributed by atoms with Gasteiger partial charge in [-0.05, 0) is 25.7 Å². The van der Waals surface area contributed by atoms with E-state index in [-0.39, 0.29) is 5.91 Å². The van der Waals surface area contributed by atoms with Gasteiger partial charge in [-0.15, -0.1) is 0 Å². The van der Waals surface area contributed by atoms with Crippen LogP contribution in [-0.2, 0) is 9.59 Å². The molecule has 4 heteroatoms. The van der Waals surface area contributed by atoms with Crippen LogP contribution in [0.4, 0.5) is 0 Å². The Morgan fingerprint density at radius 1 is 1.29 bits per heavy atom. The number of nitrogens with one attached hydrogen (secondary N) is 1. The van der Waals surface area contributed by atoms with E-state index in [1.807, 2.05) is 13.0 Å². The summed E-state index contributed by atoms with van der Waals surface area (Å²) in [7, 11) is 0. The van der Waals surface area contributed by atoms with Crippen LogP contribution in [0.25, 0.3) is 0 Å². The maximum absolute atomic E-state index is 12.1. The van der Waals surface area contributed by atoms with Crippen molar-refractivity contribution in [1.82, 2.24) is 5.32 Å². The number of aliphatic carboxylic acids is 1. The highest BCUT2D eigenvalue weighted by Gasteiger charge is 2.29. The zero-order chi connectivity index (χ0) is 16.3. The lowest BCUT2D eigenvalue weighted by Crippen LogP contribution is -2.38. The van der Waals surface area contributed by atoms with Crippen molar-refractivity contribution in [3.63, 3.8) is 0 Å². The highest BCUT2D eigenvalue weighted by molar-refractivity contribution is 5.84. The number of carboxylic acids is 1. The molecule has 2 N–H and O–H groups in total. The number of amides is 1. The van der Waals surface area contributed by atoms with Gasteiger partial charge in [-0.25, -0.2) is 0 Å². The zero-order valence-corrected chi connectivity index (χ0v) is 13.9. The van der Waals surface area contributed by atoms with Crippen LogP contribution in [-0.4, -0.2) is 23.5 Å². The molecule has 3 unspecified atom stereocenters. The molecular formula is C17H31NO3. The first-order valence-corrected chi connectivity index (χ1v) is 8.09. The fraction of sp³-hybridized carbons (Fsp3) is 0.765. The summed E-state index contributed by atoms with van der Waals surface area (Å²) < 4.78 is 0. The molecule has 122 valence electrons. The fourth-order valence-electron chi connectivity index (χ4n) is 2.33. The lowest BCUT2D eigenvalue weighted by molar-refractivity contribution is -0.146. The van der Waals surface area contributed by atoms with Crippen molar-refractivity contribution < 1.29 is 14.7 Å². The van der Waals surface area contributed by atoms with E-state index in [0.717, 1.165) is 19.3 Å². The molecule has 1 amide bonds. The molecule has 0 bridgehead atoms. The third-order valence-corrected chi connectivity index (χ3v) is 4.07. The van der Waals surface area contributed by atoms with Gasteiger partial charge < -0.3 is 10.4 Å². The lowest BCUT2D eigenvalue weighted by Gasteiger charge is -2.21. The van der Waals surface area contributed by atoms with E-state index in [1.165, 1.54) is 6.42 Å². The number of rotatable bonds is 11. The van der Waals surface area contributed by atoms with Crippen molar-refractivity contribution in [2.24, 2.45) is 17.8 Å². The highest BCUT2D eigenvalue weighted by Crippen LogP contribution is 2.18. The Labute approximate surface area is 129 Å². The topological polar surface area (TPSA) is 66.4 Å². The van der Waals surface area contributed by atoms with E-state index < -0.39 is 17.8 Å². The van der Waals surface area contributed by atoms with E-state index in [9.17, 15) is 14.7 Å². The summed E-state index contributed by atoms with van der Waals surface area (Å²) in [4.78, 5) is 23.4. The number of allylic oxidation sites excluding steroid dienone is 2. The van der Waals surface area contributed by atoms with Gasteiger partial charge in [0.05, 0.1) is 5.92 Å². The molecule has 0 fully saturated rings. The molecule has 3 atom stereocenters. The van der Waals surface area contributed by atoms with Crippen molar-refractivity contribution in [1.29, 1.82) is 0 Å². The monoisotopic (exact) mass is 297 g/mol. The summed E-state index contributed by atoms with van der Waals surface area (Å²) in [6, 6.07) is 0. The molecule has 0 heterocycles. The first-order chi connectivity index (χ1) is 9.97. The van der Waals surface area contributed by atoms with Crippen molar-refractivity contribution >= 4 is 11.9 Å². The van der Waals surface area contributed by atoms with Gasteiger partial charge >= 0.3 is 5.97 Å². The minimum absolute atomic E-state index is 0.151.